The quantitative estimate of drug-likeness (QED) is 0.774. The van der Waals surface area contributed by atoms with E-state index in [1.807, 2.05) is 30.3 Å². The molecule has 0 heterocycles. The van der Waals surface area contributed by atoms with Crippen LogP contribution in [0.1, 0.15) is 29.3 Å². The summed E-state index contributed by atoms with van der Waals surface area (Å²) < 4.78 is 0. The molecule has 0 radical (unpaired) electrons. The molecule has 0 unspecified atom stereocenters. The number of carbonyl (C=O) groups excluding carboxylic acids is 2. The van der Waals surface area contributed by atoms with Crippen LogP contribution in [0.25, 0.3) is 0 Å². The van der Waals surface area contributed by atoms with Crippen molar-refractivity contribution in [1.82, 2.24) is 5.32 Å². The van der Waals surface area contributed by atoms with Crippen molar-refractivity contribution >= 4 is 17.7 Å². The molecule has 0 bridgehead atoms. The summed E-state index contributed by atoms with van der Waals surface area (Å²) in [4.78, 5) is 36.0. The predicted octanol–water partition coefficient (Wildman–Crippen LogP) is 2.71. The third-order valence-corrected chi connectivity index (χ3v) is 3.93. The number of hydrogen-bond acceptors (Lipinski definition) is 3. The number of ketones is 1. The molecule has 2 aromatic rings. The summed E-state index contributed by atoms with van der Waals surface area (Å²) in [5.74, 6) is -2.34. The summed E-state index contributed by atoms with van der Waals surface area (Å²) in [6.45, 7) is 1.57. The van der Waals surface area contributed by atoms with Gasteiger partial charge in [0.1, 0.15) is 0 Å². The van der Waals surface area contributed by atoms with Crippen molar-refractivity contribution in [1.29, 1.82) is 0 Å². The zero-order chi connectivity index (χ0) is 18.2. The van der Waals surface area contributed by atoms with E-state index >= 15 is 0 Å². The predicted molar refractivity (Wildman–Crippen MR) is 94.3 cm³/mol. The molecule has 0 aliphatic heterocycles. The Kier molecular flexibility index (Phi) is 6.46. The molecule has 0 fully saturated rings. The molecule has 0 aliphatic carbocycles. The second kappa shape index (κ2) is 8.78. The lowest BCUT2D eigenvalue weighted by Gasteiger charge is -2.21. The fraction of sp³-hybridized carbons (Fsp3) is 0.250. The number of hydrogen-bond donors (Lipinski definition) is 2. The van der Waals surface area contributed by atoms with Crippen LogP contribution in [0.5, 0.6) is 0 Å². The minimum atomic E-state index is -1.03. The van der Waals surface area contributed by atoms with Gasteiger partial charge in [0.15, 0.2) is 5.78 Å². The number of benzene rings is 2. The molecule has 25 heavy (non-hydrogen) atoms. The summed E-state index contributed by atoms with van der Waals surface area (Å²) >= 11 is 0. The van der Waals surface area contributed by atoms with E-state index in [9.17, 15) is 14.4 Å². The lowest BCUT2D eigenvalue weighted by molar-refractivity contribution is -0.140. The van der Waals surface area contributed by atoms with Gasteiger partial charge in [0.05, 0.1) is 12.5 Å². The van der Waals surface area contributed by atoms with Gasteiger partial charge in [0, 0.05) is 11.5 Å². The summed E-state index contributed by atoms with van der Waals surface area (Å²) in [6.07, 6.45) is 0.0630. The van der Waals surface area contributed by atoms with E-state index in [0.717, 1.165) is 5.56 Å². The van der Waals surface area contributed by atoms with Crippen molar-refractivity contribution in [2.45, 2.75) is 25.8 Å². The Labute approximate surface area is 146 Å². The third-order valence-electron chi connectivity index (χ3n) is 3.93. The maximum atomic E-state index is 12.7. The fourth-order valence-corrected chi connectivity index (χ4v) is 2.61. The number of carboxylic acid groups (broad SMARTS) is 1. The molecule has 0 spiro atoms. The highest BCUT2D eigenvalue weighted by Crippen LogP contribution is 2.12. The van der Waals surface area contributed by atoms with E-state index in [1.54, 1.807) is 37.3 Å². The summed E-state index contributed by atoms with van der Waals surface area (Å²) in [5.41, 5.74) is 1.36. The zero-order valence-electron chi connectivity index (χ0n) is 14.0. The topological polar surface area (TPSA) is 83.5 Å². The number of carbonyl (C=O) groups is 3. The molecule has 2 N–H and O–H groups in total. The van der Waals surface area contributed by atoms with Crippen LogP contribution in [0.4, 0.5) is 0 Å². The van der Waals surface area contributed by atoms with Crippen molar-refractivity contribution in [3.63, 3.8) is 0 Å². The zero-order valence-corrected chi connectivity index (χ0v) is 14.0. The van der Waals surface area contributed by atoms with Gasteiger partial charge in [-0.1, -0.05) is 55.5 Å². The average Bonchev–Trinajstić information content (AvgIpc) is 2.61. The average molecular weight is 339 g/mol. The highest BCUT2D eigenvalue weighted by atomic mass is 16.4. The normalized spacial score (nSPS) is 12.8. The van der Waals surface area contributed by atoms with E-state index in [-0.39, 0.29) is 18.1 Å². The number of Topliss-reactive ketones (excluding diaryl/α,β-unsaturated/α-hetero) is 1. The van der Waals surface area contributed by atoms with Crippen LogP contribution in [0.3, 0.4) is 0 Å². The number of carboxylic acids is 1. The highest BCUT2D eigenvalue weighted by molar-refractivity contribution is 5.98. The SMILES string of the molecule is C[C@@H](CC(=O)O)C(=O)[C@@H](Cc1ccccc1)NC(=O)c1ccccc1. The van der Waals surface area contributed by atoms with E-state index in [0.29, 0.717) is 12.0 Å². The Morgan fingerprint density at radius 1 is 0.960 bits per heavy atom. The van der Waals surface area contributed by atoms with Crippen molar-refractivity contribution in [2.75, 3.05) is 0 Å². The molecular weight excluding hydrogens is 318 g/mol. The van der Waals surface area contributed by atoms with Crippen LogP contribution in [0, 0.1) is 5.92 Å². The van der Waals surface area contributed by atoms with Crippen molar-refractivity contribution in [2.24, 2.45) is 5.92 Å². The first-order valence-electron chi connectivity index (χ1n) is 8.12. The second-order valence-corrected chi connectivity index (χ2v) is 5.98. The van der Waals surface area contributed by atoms with E-state index in [1.165, 1.54) is 0 Å². The van der Waals surface area contributed by atoms with Crippen LogP contribution in [0.2, 0.25) is 0 Å². The monoisotopic (exact) mass is 339 g/mol. The lowest BCUT2D eigenvalue weighted by atomic mass is 9.92. The maximum absolute atomic E-state index is 12.7. The standard InChI is InChI=1S/C20H21NO4/c1-14(12-18(22)23)19(24)17(13-15-8-4-2-5-9-15)21-20(25)16-10-6-3-7-11-16/h2-11,14,17H,12-13H2,1H3,(H,21,25)(H,22,23)/t14-,17+/m0/s1. The Balaban J connectivity index is 2.17. The Bertz CT molecular complexity index is 728. The first-order chi connectivity index (χ1) is 12.0. The van der Waals surface area contributed by atoms with Gasteiger partial charge in [-0.15, -0.1) is 0 Å². The number of aliphatic carboxylic acids is 1. The maximum Gasteiger partial charge on any atom is 0.304 e. The molecule has 2 rings (SSSR count). The highest BCUT2D eigenvalue weighted by Gasteiger charge is 2.27. The van der Waals surface area contributed by atoms with Crippen molar-refractivity contribution in [3.8, 4) is 0 Å². The smallest absolute Gasteiger partial charge is 0.304 e. The summed E-state index contributed by atoms with van der Waals surface area (Å²) in [5, 5.41) is 11.7. The minimum Gasteiger partial charge on any atom is -0.481 e. The van der Waals surface area contributed by atoms with Gasteiger partial charge in [-0.2, -0.15) is 0 Å². The van der Waals surface area contributed by atoms with Gasteiger partial charge in [-0.05, 0) is 24.1 Å². The van der Waals surface area contributed by atoms with Gasteiger partial charge in [0.2, 0.25) is 0 Å². The van der Waals surface area contributed by atoms with Gasteiger partial charge in [0.25, 0.3) is 5.91 Å². The van der Waals surface area contributed by atoms with Crippen LogP contribution >= 0.6 is 0 Å². The number of rotatable bonds is 8. The molecule has 5 nitrogen and oxygen atoms in total. The summed E-state index contributed by atoms with van der Waals surface area (Å²) in [7, 11) is 0. The Morgan fingerprint density at radius 2 is 1.52 bits per heavy atom. The Morgan fingerprint density at radius 3 is 2.08 bits per heavy atom. The molecule has 0 aliphatic rings. The molecular formula is C20H21NO4. The lowest BCUT2D eigenvalue weighted by Crippen LogP contribution is -2.45. The Hall–Kier alpha value is -2.95. The third kappa shape index (κ3) is 5.57. The van der Waals surface area contributed by atoms with Gasteiger partial charge >= 0.3 is 5.97 Å². The van der Waals surface area contributed by atoms with Crippen LogP contribution in [-0.2, 0) is 16.0 Å². The van der Waals surface area contributed by atoms with Gasteiger partial charge < -0.3 is 10.4 Å². The largest absolute Gasteiger partial charge is 0.481 e. The minimum absolute atomic E-state index is 0.259. The first-order valence-corrected chi connectivity index (χ1v) is 8.12. The van der Waals surface area contributed by atoms with E-state index in [4.69, 9.17) is 5.11 Å². The summed E-state index contributed by atoms with van der Waals surface area (Å²) in [6, 6.07) is 17.2. The van der Waals surface area contributed by atoms with Crippen LogP contribution in [-0.4, -0.2) is 28.8 Å². The molecule has 130 valence electrons. The second-order valence-electron chi connectivity index (χ2n) is 5.98. The molecule has 2 aromatic carbocycles. The van der Waals surface area contributed by atoms with Crippen molar-refractivity contribution < 1.29 is 19.5 Å². The van der Waals surface area contributed by atoms with E-state index in [2.05, 4.69) is 5.32 Å². The molecule has 0 saturated heterocycles. The van der Waals surface area contributed by atoms with Gasteiger partial charge in [-0.3, -0.25) is 14.4 Å². The van der Waals surface area contributed by atoms with E-state index < -0.39 is 17.9 Å². The molecule has 5 heteroatoms. The molecule has 0 aromatic heterocycles. The molecule has 1 amide bonds. The van der Waals surface area contributed by atoms with Crippen LogP contribution < -0.4 is 5.32 Å². The number of amides is 1. The van der Waals surface area contributed by atoms with Crippen molar-refractivity contribution in [3.05, 3.63) is 71.8 Å². The van der Waals surface area contributed by atoms with Gasteiger partial charge in [-0.25, -0.2) is 0 Å². The fourth-order valence-electron chi connectivity index (χ4n) is 2.61. The van der Waals surface area contributed by atoms with Crippen LogP contribution in [0.15, 0.2) is 60.7 Å². The first kappa shape index (κ1) is 18.4. The number of nitrogens with one attached hydrogen (secondary N) is 1. The molecule has 2 atom stereocenters. The molecule has 0 saturated carbocycles.